The van der Waals surface area contributed by atoms with Gasteiger partial charge >= 0.3 is 5.97 Å². The molecule has 4 rings (SSSR count). The second-order valence-electron chi connectivity index (χ2n) is 7.24. The maximum Gasteiger partial charge on any atom is 0.337 e. The van der Waals surface area contributed by atoms with Gasteiger partial charge in [0.25, 0.3) is 5.56 Å². The average molecular weight is 510 g/mol. The lowest BCUT2D eigenvalue weighted by Crippen LogP contribution is -2.22. The summed E-state index contributed by atoms with van der Waals surface area (Å²) in [6, 6.07) is 12.5. The summed E-state index contributed by atoms with van der Waals surface area (Å²) < 4.78 is 6.30. The van der Waals surface area contributed by atoms with Gasteiger partial charge in [0, 0.05) is 10.6 Å². The molecule has 0 aliphatic heterocycles. The number of hydrogen-bond acceptors (Lipinski definition) is 10. The summed E-state index contributed by atoms with van der Waals surface area (Å²) >= 11 is 7.20. The molecule has 2 heterocycles. The highest BCUT2D eigenvalue weighted by Gasteiger charge is 2.26. The van der Waals surface area contributed by atoms with E-state index in [-0.39, 0.29) is 33.2 Å². The van der Waals surface area contributed by atoms with Gasteiger partial charge in [-0.3, -0.25) is 4.79 Å². The Labute approximate surface area is 207 Å². The van der Waals surface area contributed by atoms with Gasteiger partial charge in [0.15, 0.2) is 5.69 Å². The number of azo groups is 1. The van der Waals surface area contributed by atoms with Gasteiger partial charge in [-0.05, 0) is 49.4 Å². The van der Waals surface area contributed by atoms with Crippen molar-refractivity contribution in [2.75, 3.05) is 7.11 Å². The first kappa shape index (κ1) is 24.0. The summed E-state index contributed by atoms with van der Waals surface area (Å²) in [5.74, 6) is -1.27. The molecule has 0 amide bonds. The van der Waals surface area contributed by atoms with Crippen molar-refractivity contribution in [3.63, 3.8) is 0 Å². The number of esters is 1. The van der Waals surface area contributed by atoms with E-state index in [9.17, 15) is 25.1 Å². The van der Waals surface area contributed by atoms with Gasteiger partial charge in [-0.25, -0.2) is 14.3 Å². The number of carbonyl (C=O) groups excluding carboxylic acids is 1. The van der Waals surface area contributed by atoms with Gasteiger partial charge < -0.3 is 14.9 Å². The molecule has 35 heavy (non-hydrogen) atoms. The van der Waals surface area contributed by atoms with E-state index in [1.165, 1.54) is 49.6 Å². The van der Waals surface area contributed by atoms with Crippen LogP contribution in [0, 0.1) is 11.3 Å². The predicted octanol–water partition coefficient (Wildman–Crippen LogP) is 4.93. The van der Waals surface area contributed by atoms with Crippen molar-refractivity contribution >= 4 is 49.9 Å². The number of pyridine rings is 1. The third-order valence-electron chi connectivity index (χ3n) is 5.02. The quantitative estimate of drug-likeness (QED) is 0.286. The maximum absolute atomic E-state index is 13.4. The van der Waals surface area contributed by atoms with E-state index >= 15 is 0 Å². The number of fused-ring (bicyclic) bond motifs is 1. The highest BCUT2D eigenvalue weighted by atomic mass is 35.5. The van der Waals surface area contributed by atoms with E-state index in [1.54, 1.807) is 18.2 Å². The maximum atomic E-state index is 13.4. The smallest absolute Gasteiger partial charge is 0.337 e. The molecule has 176 valence electrons. The highest BCUT2D eigenvalue weighted by molar-refractivity contribution is 7.21. The van der Waals surface area contributed by atoms with Crippen LogP contribution in [-0.4, -0.2) is 32.8 Å². The molecule has 1 atom stereocenters. The van der Waals surface area contributed by atoms with Crippen LogP contribution >= 0.6 is 22.9 Å². The van der Waals surface area contributed by atoms with Crippen molar-refractivity contribution in [3.8, 4) is 17.6 Å². The summed E-state index contributed by atoms with van der Waals surface area (Å²) in [7, 11) is 1.23. The fourth-order valence-corrected chi connectivity index (χ4v) is 4.34. The second-order valence-corrected chi connectivity index (χ2v) is 8.68. The minimum atomic E-state index is -1.32. The second kappa shape index (κ2) is 9.63. The number of carbonyl (C=O) groups is 1. The first-order chi connectivity index (χ1) is 16.7. The molecule has 12 heteroatoms. The Morgan fingerprint density at radius 2 is 1.97 bits per heavy atom. The number of nitriles is 1. The zero-order valence-electron chi connectivity index (χ0n) is 18.3. The van der Waals surface area contributed by atoms with Gasteiger partial charge in [0.2, 0.25) is 11.0 Å². The fourth-order valence-electron chi connectivity index (χ4n) is 3.41. The van der Waals surface area contributed by atoms with Gasteiger partial charge in [-0.15, -0.1) is 10.2 Å². The molecular weight excluding hydrogens is 494 g/mol. The van der Waals surface area contributed by atoms with Crippen LogP contribution in [0.1, 0.15) is 34.5 Å². The highest BCUT2D eigenvalue weighted by Crippen LogP contribution is 2.35. The Bertz CT molecular complexity index is 1590. The Kier molecular flexibility index (Phi) is 6.61. The third kappa shape index (κ3) is 4.50. The van der Waals surface area contributed by atoms with E-state index in [1.807, 2.05) is 6.07 Å². The Hall–Kier alpha value is -4.11. The number of hydrogen-bond donors (Lipinski definition) is 2. The van der Waals surface area contributed by atoms with Gasteiger partial charge in [0.1, 0.15) is 11.6 Å². The summed E-state index contributed by atoms with van der Waals surface area (Å²) in [6.45, 7) is 1.34. The molecule has 0 radical (unpaired) electrons. The van der Waals surface area contributed by atoms with Gasteiger partial charge in [0.05, 0.1) is 34.7 Å². The van der Waals surface area contributed by atoms with Crippen molar-refractivity contribution in [3.05, 3.63) is 74.5 Å². The summed E-state index contributed by atoms with van der Waals surface area (Å²) in [5, 5.41) is 39.5. The van der Waals surface area contributed by atoms with Crippen molar-refractivity contribution in [2.24, 2.45) is 10.2 Å². The lowest BCUT2D eigenvalue weighted by molar-refractivity contribution is 0.0600. The van der Waals surface area contributed by atoms with Crippen molar-refractivity contribution in [2.45, 2.75) is 13.0 Å². The molecule has 0 spiro atoms. The monoisotopic (exact) mass is 509 g/mol. The number of nitrogens with zero attached hydrogens (tertiary/aromatic N) is 5. The molecule has 2 aromatic heterocycles. The van der Waals surface area contributed by atoms with Crippen LogP contribution in [0.15, 0.2) is 57.5 Å². The molecule has 0 saturated carbocycles. The topological polar surface area (TPSA) is 150 Å². The van der Waals surface area contributed by atoms with Crippen LogP contribution in [0.3, 0.4) is 0 Å². The molecule has 2 N–H and O–H groups in total. The summed E-state index contributed by atoms with van der Waals surface area (Å²) in [6.07, 6.45) is -1.32. The Balaban J connectivity index is 1.90. The molecule has 0 saturated heterocycles. The van der Waals surface area contributed by atoms with Crippen molar-refractivity contribution in [1.82, 2.24) is 9.55 Å². The predicted molar refractivity (Wildman–Crippen MR) is 129 cm³/mol. The number of rotatable bonds is 5. The molecule has 0 bridgehead atoms. The molecule has 2 aromatic carbocycles. The van der Waals surface area contributed by atoms with E-state index < -0.39 is 23.5 Å². The van der Waals surface area contributed by atoms with E-state index in [0.29, 0.717) is 10.5 Å². The SMILES string of the molecule is COC(=O)c1ccc(-n2c(O)c(C#N)c(C(C)O)c(N=Nc3nc4cc(Cl)ccc4s3)c2=O)cc1. The van der Waals surface area contributed by atoms with E-state index in [2.05, 4.69) is 19.9 Å². The zero-order valence-corrected chi connectivity index (χ0v) is 19.8. The van der Waals surface area contributed by atoms with Gasteiger partial charge in [-0.2, -0.15) is 5.26 Å². The lowest BCUT2D eigenvalue weighted by atomic mass is 10.0. The molecule has 10 nitrogen and oxygen atoms in total. The largest absolute Gasteiger partial charge is 0.493 e. The number of thiazole rings is 1. The number of halogens is 1. The molecule has 0 aliphatic carbocycles. The normalized spacial score (nSPS) is 12.1. The number of methoxy groups -OCH3 is 1. The van der Waals surface area contributed by atoms with Crippen LogP contribution in [-0.2, 0) is 4.74 Å². The van der Waals surface area contributed by atoms with Crippen LogP contribution in [0.5, 0.6) is 5.88 Å². The minimum Gasteiger partial charge on any atom is -0.493 e. The molecule has 0 fully saturated rings. The van der Waals surface area contributed by atoms with Crippen molar-refractivity contribution in [1.29, 1.82) is 5.26 Å². The standard InChI is InChI=1S/C23H16ClN5O5S/c1-11(30)18-15(10-25)20(31)29(14-6-3-12(4-7-14)22(33)34-2)21(32)19(18)27-28-23-26-16-9-13(24)5-8-17(16)35-23/h3-9,11,30-31H,1-2H3. The van der Waals surface area contributed by atoms with Crippen molar-refractivity contribution < 1.29 is 19.7 Å². The fraction of sp³-hybridized carbons (Fsp3) is 0.130. The van der Waals surface area contributed by atoms with E-state index in [4.69, 9.17) is 11.6 Å². The summed E-state index contributed by atoms with van der Waals surface area (Å²) in [4.78, 5) is 29.4. The van der Waals surface area contributed by atoms with E-state index in [0.717, 1.165) is 9.27 Å². The number of aromatic hydroxyl groups is 1. The van der Waals surface area contributed by atoms with Crippen LogP contribution in [0.25, 0.3) is 15.9 Å². The number of aromatic nitrogens is 2. The van der Waals surface area contributed by atoms with Crippen LogP contribution in [0.4, 0.5) is 10.8 Å². The molecule has 1 unspecified atom stereocenters. The van der Waals surface area contributed by atoms with Crippen LogP contribution in [0.2, 0.25) is 5.02 Å². The average Bonchev–Trinajstić information content (AvgIpc) is 3.24. The first-order valence-corrected chi connectivity index (χ1v) is 11.2. The molecule has 4 aromatic rings. The number of ether oxygens (including phenoxy) is 1. The zero-order chi connectivity index (χ0) is 25.3. The third-order valence-corrected chi connectivity index (χ3v) is 6.17. The minimum absolute atomic E-state index is 0.153. The van der Waals surface area contributed by atoms with Gasteiger partial charge in [-0.1, -0.05) is 22.9 Å². The molecular formula is C23H16ClN5O5S. The number of aliphatic hydroxyl groups is 1. The lowest BCUT2D eigenvalue weighted by Gasteiger charge is -2.16. The molecule has 0 aliphatic rings. The Morgan fingerprint density at radius 1 is 1.26 bits per heavy atom. The Morgan fingerprint density at radius 3 is 2.60 bits per heavy atom. The number of benzene rings is 2. The summed E-state index contributed by atoms with van der Waals surface area (Å²) in [5.41, 5.74) is -0.730. The first-order valence-electron chi connectivity index (χ1n) is 10.0. The van der Waals surface area contributed by atoms with Crippen LogP contribution < -0.4 is 5.56 Å². The number of aliphatic hydroxyl groups excluding tert-OH is 1.